The third-order valence-electron chi connectivity index (χ3n) is 1.47. The van der Waals surface area contributed by atoms with Crippen molar-refractivity contribution in [1.29, 1.82) is 0 Å². The molecule has 1 atom stereocenters. The highest BCUT2D eigenvalue weighted by atomic mass is 35.5. The highest BCUT2D eigenvalue weighted by Crippen LogP contribution is 2.26. The largest absolute Gasteiger partial charge is 0.386 e. The van der Waals surface area contributed by atoms with E-state index < -0.39 is 6.10 Å². The zero-order chi connectivity index (χ0) is 9.84. The maximum Gasteiger partial charge on any atom is 0.216 e. The number of thiophene rings is 1. The maximum atomic E-state index is 10.5. The summed E-state index contributed by atoms with van der Waals surface area (Å²) >= 11 is 7.00. The number of nitrogens with one attached hydrogen (secondary N) is 1. The van der Waals surface area contributed by atoms with Gasteiger partial charge in [-0.3, -0.25) is 4.79 Å². The molecule has 0 fully saturated rings. The van der Waals surface area contributed by atoms with Gasteiger partial charge in [-0.2, -0.15) is 0 Å². The minimum Gasteiger partial charge on any atom is -0.386 e. The van der Waals surface area contributed by atoms with Crippen LogP contribution in [0, 0.1) is 0 Å². The van der Waals surface area contributed by atoms with Gasteiger partial charge in [0, 0.05) is 18.3 Å². The average molecular weight is 220 g/mol. The van der Waals surface area contributed by atoms with E-state index in [1.54, 1.807) is 12.1 Å². The molecule has 0 radical (unpaired) electrons. The molecule has 0 aromatic carbocycles. The van der Waals surface area contributed by atoms with Gasteiger partial charge in [-0.05, 0) is 12.1 Å². The fourth-order valence-corrected chi connectivity index (χ4v) is 1.90. The van der Waals surface area contributed by atoms with Crippen molar-refractivity contribution in [1.82, 2.24) is 5.32 Å². The van der Waals surface area contributed by atoms with Crippen LogP contribution in [0.4, 0.5) is 0 Å². The van der Waals surface area contributed by atoms with Gasteiger partial charge in [-0.25, -0.2) is 0 Å². The van der Waals surface area contributed by atoms with Crippen LogP contribution in [0.25, 0.3) is 0 Å². The summed E-state index contributed by atoms with van der Waals surface area (Å²) in [6.07, 6.45) is -0.665. The van der Waals surface area contributed by atoms with Gasteiger partial charge in [0.05, 0.1) is 4.34 Å². The number of carbonyl (C=O) groups excluding carboxylic acids is 1. The number of aliphatic hydroxyl groups is 1. The van der Waals surface area contributed by atoms with Crippen molar-refractivity contribution in [3.63, 3.8) is 0 Å². The fourth-order valence-electron chi connectivity index (χ4n) is 0.848. The van der Waals surface area contributed by atoms with E-state index in [2.05, 4.69) is 5.32 Å². The molecule has 5 heteroatoms. The highest BCUT2D eigenvalue weighted by molar-refractivity contribution is 7.16. The normalized spacial score (nSPS) is 12.5. The first-order valence-electron chi connectivity index (χ1n) is 3.77. The Bertz CT molecular complexity index is 300. The van der Waals surface area contributed by atoms with Gasteiger partial charge in [0.25, 0.3) is 0 Å². The van der Waals surface area contributed by atoms with Crippen LogP contribution in [0.15, 0.2) is 12.1 Å². The second kappa shape index (κ2) is 4.60. The Kier molecular flexibility index (Phi) is 3.71. The Balaban J connectivity index is 2.48. The smallest absolute Gasteiger partial charge is 0.216 e. The summed E-state index contributed by atoms with van der Waals surface area (Å²) in [5.74, 6) is -0.151. The summed E-state index contributed by atoms with van der Waals surface area (Å²) in [7, 11) is 0. The third kappa shape index (κ3) is 3.34. The molecule has 1 rings (SSSR count). The Labute approximate surface area is 85.3 Å². The molecule has 3 nitrogen and oxygen atoms in total. The van der Waals surface area contributed by atoms with Crippen molar-refractivity contribution in [2.24, 2.45) is 0 Å². The molecule has 1 heterocycles. The number of hydrogen-bond donors (Lipinski definition) is 2. The molecule has 1 amide bonds. The second-order valence-corrected chi connectivity index (χ2v) is 4.34. The Morgan fingerprint density at radius 1 is 1.77 bits per heavy atom. The van der Waals surface area contributed by atoms with Crippen molar-refractivity contribution in [2.75, 3.05) is 6.54 Å². The predicted molar refractivity (Wildman–Crippen MR) is 53.0 cm³/mol. The number of aliphatic hydroxyl groups excluding tert-OH is 1. The lowest BCUT2D eigenvalue weighted by Gasteiger charge is -2.07. The Hall–Kier alpha value is -0.580. The first-order chi connectivity index (χ1) is 6.09. The average Bonchev–Trinajstić information content (AvgIpc) is 2.47. The van der Waals surface area contributed by atoms with Gasteiger partial charge in [0.15, 0.2) is 0 Å². The predicted octanol–water partition coefficient (Wildman–Crippen LogP) is 1.57. The third-order valence-corrected chi connectivity index (χ3v) is 2.80. The summed E-state index contributed by atoms with van der Waals surface area (Å²) < 4.78 is 0.636. The van der Waals surface area contributed by atoms with E-state index in [-0.39, 0.29) is 12.5 Å². The van der Waals surface area contributed by atoms with Crippen LogP contribution in [0.1, 0.15) is 17.9 Å². The summed E-state index contributed by atoms with van der Waals surface area (Å²) in [6.45, 7) is 1.64. The van der Waals surface area contributed by atoms with E-state index in [0.717, 1.165) is 4.88 Å². The van der Waals surface area contributed by atoms with Crippen molar-refractivity contribution >= 4 is 28.8 Å². The molecule has 0 bridgehead atoms. The number of hydrogen-bond acceptors (Lipinski definition) is 3. The first kappa shape index (κ1) is 10.5. The summed E-state index contributed by atoms with van der Waals surface area (Å²) in [5, 5.41) is 12.0. The van der Waals surface area contributed by atoms with Gasteiger partial charge in [-0.15, -0.1) is 11.3 Å². The van der Waals surface area contributed by atoms with E-state index in [0.29, 0.717) is 4.34 Å². The molecule has 0 aliphatic heterocycles. The number of halogens is 1. The Morgan fingerprint density at radius 2 is 2.46 bits per heavy atom. The summed E-state index contributed by atoms with van der Waals surface area (Å²) in [6, 6.07) is 3.47. The molecule has 1 unspecified atom stereocenters. The SMILES string of the molecule is CC(=O)NCC(O)c1ccc(Cl)s1. The quantitative estimate of drug-likeness (QED) is 0.811. The molecular formula is C8H10ClNO2S. The monoisotopic (exact) mass is 219 g/mol. The highest BCUT2D eigenvalue weighted by Gasteiger charge is 2.09. The molecule has 13 heavy (non-hydrogen) atoms. The minimum absolute atomic E-state index is 0.151. The van der Waals surface area contributed by atoms with Crippen molar-refractivity contribution in [3.05, 3.63) is 21.3 Å². The van der Waals surface area contributed by atoms with Gasteiger partial charge >= 0.3 is 0 Å². The van der Waals surface area contributed by atoms with Crippen LogP contribution in [-0.4, -0.2) is 17.6 Å². The first-order valence-corrected chi connectivity index (χ1v) is 4.97. The number of amides is 1. The summed E-state index contributed by atoms with van der Waals surface area (Å²) in [5.41, 5.74) is 0. The van der Waals surface area contributed by atoms with Crippen molar-refractivity contribution in [2.45, 2.75) is 13.0 Å². The van der Waals surface area contributed by atoms with E-state index in [4.69, 9.17) is 11.6 Å². The van der Waals surface area contributed by atoms with Gasteiger partial charge in [0.2, 0.25) is 5.91 Å². The zero-order valence-corrected chi connectivity index (χ0v) is 8.65. The van der Waals surface area contributed by atoms with E-state index >= 15 is 0 Å². The maximum absolute atomic E-state index is 10.5. The van der Waals surface area contributed by atoms with Crippen LogP contribution in [0.3, 0.4) is 0 Å². The topological polar surface area (TPSA) is 49.3 Å². The number of rotatable bonds is 3. The molecule has 0 saturated carbocycles. The minimum atomic E-state index is -0.665. The van der Waals surface area contributed by atoms with Crippen LogP contribution >= 0.6 is 22.9 Å². The fraction of sp³-hybridized carbons (Fsp3) is 0.375. The van der Waals surface area contributed by atoms with E-state index in [9.17, 15) is 9.90 Å². The summed E-state index contributed by atoms with van der Waals surface area (Å²) in [4.78, 5) is 11.3. The van der Waals surface area contributed by atoms with Crippen LogP contribution < -0.4 is 5.32 Å². The number of carbonyl (C=O) groups is 1. The molecule has 1 aromatic heterocycles. The molecule has 1 aromatic rings. The van der Waals surface area contributed by atoms with Gasteiger partial charge in [-0.1, -0.05) is 11.6 Å². The van der Waals surface area contributed by atoms with Crippen molar-refractivity contribution < 1.29 is 9.90 Å². The lowest BCUT2D eigenvalue weighted by molar-refractivity contribution is -0.119. The molecule has 0 saturated heterocycles. The lowest BCUT2D eigenvalue weighted by Crippen LogP contribution is -2.25. The second-order valence-electron chi connectivity index (χ2n) is 2.59. The molecule has 2 N–H and O–H groups in total. The van der Waals surface area contributed by atoms with E-state index in [1.165, 1.54) is 18.3 Å². The van der Waals surface area contributed by atoms with Crippen molar-refractivity contribution in [3.8, 4) is 0 Å². The van der Waals surface area contributed by atoms with Gasteiger partial charge < -0.3 is 10.4 Å². The van der Waals surface area contributed by atoms with E-state index in [1.807, 2.05) is 0 Å². The molecule has 0 aliphatic rings. The van der Waals surface area contributed by atoms with Crippen LogP contribution in [-0.2, 0) is 4.79 Å². The molecule has 0 aliphatic carbocycles. The van der Waals surface area contributed by atoms with Gasteiger partial charge in [0.1, 0.15) is 6.10 Å². The van der Waals surface area contributed by atoms with Crippen LogP contribution in [0.2, 0.25) is 4.34 Å². The zero-order valence-electron chi connectivity index (χ0n) is 7.08. The molecular weight excluding hydrogens is 210 g/mol. The standard InChI is InChI=1S/C8H10ClNO2S/c1-5(11)10-4-6(12)7-2-3-8(9)13-7/h2-3,6,12H,4H2,1H3,(H,10,11). The Morgan fingerprint density at radius 3 is 2.92 bits per heavy atom. The molecule has 0 spiro atoms. The lowest BCUT2D eigenvalue weighted by atomic mass is 10.3. The molecule has 72 valence electrons. The van der Waals surface area contributed by atoms with Crippen LogP contribution in [0.5, 0.6) is 0 Å².